The van der Waals surface area contributed by atoms with Crippen LogP contribution >= 0.6 is 0 Å². The summed E-state index contributed by atoms with van der Waals surface area (Å²) in [6, 6.07) is 4.14. The third-order valence-corrected chi connectivity index (χ3v) is 3.24. The molecule has 0 spiro atoms. The maximum Gasteiger partial charge on any atom is 0.335 e. The van der Waals surface area contributed by atoms with Crippen LogP contribution in [0.25, 0.3) is 0 Å². The van der Waals surface area contributed by atoms with Crippen molar-refractivity contribution >= 4 is 11.7 Å². The highest BCUT2D eigenvalue weighted by Gasteiger charge is 2.17. The van der Waals surface area contributed by atoms with Crippen molar-refractivity contribution < 1.29 is 23.9 Å². The van der Waals surface area contributed by atoms with Crippen LogP contribution in [-0.2, 0) is 20.9 Å². The number of carbonyl (C=O) groups excluding carboxylic acids is 1. The minimum atomic E-state index is -0.682. The molecule has 0 fully saturated rings. The Balaban J connectivity index is 2.60. The summed E-state index contributed by atoms with van der Waals surface area (Å²) in [6.45, 7) is 6.13. The Morgan fingerprint density at radius 1 is 1.30 bits per heavy atom. The van der Waals surface area contributed by atoms with E-state index in [2.05, 4.69) is 13.8 Å². The van der Waals surface area contributed by atoms with E-state index in [4.69, 9.17) is 14.2 Å². The lowest BCUT2D eigenvalue weighted by Gasteiger charge is -2.14. The summed E-state index contributed by atoms with van der Waals surface area (Å²) in [4.78, 5) is 22.2. The van der Waals surface area contributed by atoms with Crippen molar-refractivity contribution in [2.45, 2.75) is 39.9 Å². The van der Waals surface area contributed by atoms with Gasteiger partial charge in [-0.05, 0) is 25.3 Å². The number of non-ortho nitro benzene ring substituents is 1. The summed E-state index contributed by atoms with van der Waals surface area (Å²) in [5.74, 6) is 0.409. The number of rotatable bonds is 9. The van der Waals surface area contributed by atoms with Gasteiger partial charge < -0.3 is 14.2 Å². The molecule has 0 aliphatic carbocycles. The zero-order valence-electron chi connectivity index (χ0n) is 13.9. The molecule has 0 saturated heterocycles. The van der Waals surface area contributed by atoms with Gasteiger partial charge in [0.05, 0.1) is 12.0 Å². The molecule has 0 radical (unpaired) electrons. The van der Waals surface area contributed by atoms with E-state index in [1.165, 1.54) is 25.3 Å². The maximum atomic E-state index is 11.9. The second-order valence-electron chi connectivity index (χ2n) is 5.56. The van der Waals surface area contributed by atoms with E-state index in [9.17, 15) is 14.9 Å². The van der Waals surface area contributed by atoms with Crippen molar-refractivity contribution in [1.29, 1.82) is 0 Å². The maximum absolute atomic E-state index is 11.9. The Labute approximate surface area is 135 Å². The van der Waals surface area contributed by atoms with Crippen LogP contribution < -0.4 is 4.74 Å². The van der Waals surface area contributed by atoms with E-state index in [-0.39, 0.29) is 12.3 Å². The van der Waals surface area contributed by atoms with Gasteiger partial charge in [-0.2, -0.15) is 0 Å². The Kier molecular flexibility index (Phi) is 7.47. The average Bonchev–Trinajstić information content (AvgIpc) is 2.51. The molecule has 0 aliphatic rings. The molecule has 1 unspecified atom stereocenters. The van der Waals surface area contributed by atoms with Gasteiger partial charge in [0, 0.05) is 24.3 Å². The molecule has 7 nitrogen and oxygen atoms in total. The van der Waals surface area contributed by atoms with Gasteiger partial charge in [-0.1, -0.05) is 13.8 Å². The standard InChI is InChI=1S/C16H23NO6/c1-11(2)7-8-22-12(3)16(18)23-10-13-9-14(17(19)20)5-6-15(13)21-4/h5-6,9,11-12H,7-8,10H2,1-4H3. The first kappa shape index (κ1) is 18.9. The molecule has 0 aromatic heterocycles. The van der Waals surface area contributed by atoms with Gasteiger partial charge in [0.15, 0.2) is 6.10 Å². The lowest BCUT2D eigenvalue weighted by Crippen LogP contribution is -2.24. The Bertz CT molecular complexity index is 543. The van der Waals surface area contributed by atoms with Crippen molar-refractivity contribution in [3.05, 3.63) is 33.9 Å². The number of ether oxygens (including phenoxy) is 3. The number of nitro groups is 1. The number of hydrogen-bond acceptors (Lipinski definition) is 6. The molecule has 7 heteroatoms. The van der Waals surface area contributed by atoms with Crippen LogP contribution in [-0.4, -0.2) is 30.7 Å². The van der Waals surface area contributed by atoms with Crippen LogP contribution in [0.3, 0.4) is 0 Å². The van der Waals surface area contributed by atoms with Gasteiger partial charge >= 0.3 is 5.97 Å². The second-order valence-corrected chi connectivity index (χ2v) is 5.56. The molecule has 0 heterocycles. The Hall–Kier alpha value is -2.15. The highest BCUT2D eigenvalue weighted by Crippen LogP contribution is 2.24. The van der Waals surface area contributed by atoms with Crippen LogP contribution in [0, 0.1) is 16.0 Å². The number of hydrogen-bond donors (Lipinski definition) is 0. The molecule has 1 atom stereocenters. The first-order valence-corrected chi connectivity index (χ1v) is 7.44. The lowest BCUT2D eigenvalue weighted by molar-refractivity contribution is -0.385. The van der Waals surface area contributed by atoms with Crippen molar-refractivity contribution in [3.8, 4) is 5.75 Å². The van der Waals surface area contributed by atoms with Gasteiger partial charge in [0.25, 0.3) is 5.69 Å². The van der Waals surface area contributed by atoms with Gasteiger partial charge in [-0.15, -0.1) is 0 Å². The summed E-state index contributed by atoms with van der Waals surface area (Å²) < 4.78 is 15.7. The molecule has 0 amide bonds. The molecule has 0 N–H and O–H groups in total. The SMILES string of the molecule is COc1ccc([N+](=O)[O-])cc1COC(=O)C(C)OCCC(C)C. The van der Waals surface area contributed by atoms with Crippen LogP contribution in [0.15, 0.2) is 18.2 Å². The number of esters is 1. The second kappa shape index (κ2) is 9.09. The number of nitrogens with zero attached hydrogens (tertiary/aromatic N) is 1. The summed E-state index contributed by atoms with van der Waals surface area (Å²) in [6.07, 6.45) is 0.175. The fraction of sp³-hybridized carbons (Fsp3) is 0.562. The van der Waals surface area contributed by atoms with Crippen molar-refractivity contribution in [2.24, 2.45) is 5.92 Å². The van der Waals surface area contributed by atoms with E-state index in [1.54, 1.807) is 6.92 Å². The number of carbonyl (C=O) groups is 1. The summed E-state index contributed by atoms with van der Waals surface area (Å²) in [7, 11) is 1.45. The normalized spacial score (nSPS) is 12.0. The van der Waals surface area contributed by atoms with Crippen molar-refractivity contribution in [1.82, 2.24) is 0 Å². The summed E-state index contributed by atoms with van der Waals surface area (Å²) in [5.41, 5.74) is 0.350. The quantitative estimate of drug-likeness (QED) is 0.394. The average molecular weight is 325 g/mol. The molecule has 1 rings (SSSR count). The summed E-state index contributed by atoms with van der Waals surface area (Å²) >= 11 is 0. The molecule has 23 heavy (non-hydrogen) atoms. The first-order chi connectivity index (χ1) is 10.8. The minimum Gasteiger partial charge on any atom is -0.496 e. The number of benzene rings is 1. The summed E-state index contributed by atoms with van der Waals surface area (Å²) in [5, 5.41) is 10.8. The van der Waals surface area contributed by atoms with Gasteiger partial charge in [-0.25, -0.2) is 4.79 Å². The predicted molar refractivity (Wildman–Crippen MR) is 84.3 cm³/mol. The van der Waals surface area contributed by atoms with Crippen LogP contribution in [0.5, 0.6) is 5.75 Å². The molecule has 128 valence electrons. The monoisotopic (exact) mass is 325 g/mol. The molecule has 1 aromatic carbocycles. The van der Waals surface area contributed by atoms with Crippen LogP contribution in [0.2, 0.25) is 0 Å². The Morgan fingerprint density at radius 3 is 2.57 bits per heavy atom. The topological polar surface area (TPSA) is 87.9 Å². The number of nitro benzene ring substituents is 1. The third-order valence-electron chi connectivity index (χ3n) is 3.24. The fourth-order valence-corrected chi connectivity index (χ4v) is 1.81. The van der Waals surface area contributed by atoms with Crippen LogP contribution in [0.4, 0.5) is 5.69 Å². The minimum absolute atomic E-state index is 0.0851. The van der Waals surface area contributed by atoms with E-state index in [1.807, 2.05) is 0 Å². The zero-order chi connectivity index (χ0) is 17.4. The smallest absolute Gasteiger partial charge is 0.335 e. The fourth-order valence-electron chi connectivity index (χ4n) is 1.81. The lowest BCUT2D eigenvalue weighted by atomic mass is 10.1. The molecule has 0 aliphatic heterocycles. The van der Waals surface area contributed by atoms with Gasteiger partial charge in [-0.3, -0.25) is 10.1 Å². The van der Waals surface area contributed by atoms with Crippen molar-refractivity contribution in [3.63, 3.8) is 0 Å². The largest absolute Gasteiger partial charge is 0.496 e. The van der Waals surface area contributed by atoms with Crippen LogP contribution in [0.1, 0.15) is 32.8 Å². The third kappa shape index (κ3) is 6.23. The van der Waals surface area contributed by atoms with E-state index >= 15 is 0 Å². The van der Waals surface area contributed by atoms with Gasteiger partial charge in [0.1, 0.15) is 12.4 Å². The predicted octanol–water partition coefficient (Wildman–Crippen LogP) is 3.10. The Morgan fingerprint density at radius 2 is 2.00 bits per heavy atom. The van der Waals surface area contributed by atoms with Gasteiger partial charge in [0.2, 0.25) is 0 Å². The zero-order valence-corrected chi connectivity index (χ0v) is 13.9. The van der Waals surface area contributed by atoms with E-state index < -0.39 is 17.0 Å². The molecule has 0 bridgehead atoms. The highest BCUT2D eigenvalue weighted by atomic mass is 16.6. The highest BCUT2D eigenvalue weighted by molar-refractivity contribution is 5.74. The van der Waals surface area contributed by atoms with Crippen molar-refractivity contribution in [2.75, 3.05) is 13.7 Å². The van der Waals surface area contributed by atoms with E-state index in [0.29, 0.717) is 23.8 Å². The first-order valence-electron chi connectivity index (χ1n) is 7.44. The molecule has 1 aromatic rings. The molecule has 0 saturated carbocycles. The molecular formula is C16H23NO6. The van der Waals surface area contributed by atoms with E-state index in [0.717, 1.165) is 6.42 Å². The number of methoxy groups -OCH3 is 1. The molecular weight excluding hydrogens is 302 g/mol.